The van der Waals surface area contributed by atoms with Crippen LogP contribution in [0.15, 0.2) is 59.4 Å². The number of H-pyrrole nitrogens is 1. The summed E-state index contributed by atoms with van der Waals surface area (Å²) in [7, 11) is 1.60. The standard InChI is InChI=1S/C24H22N4O3/c1-14-19(15-10-12-18(31-2)13-11-15)24(30)28-22(25-14)21(26-23(29)17-8-9-17)20(27-28)16-6-4-3-5-7-16/h3-7,10-13,17,25H,8-9H2,1-2H3,(H,26,29). The van der Waals surface area contributed by atoms with Gasteiger partial charge in [0.1, 0.15) is 17.1 Å². The second-order valence-corrected chi connectivity index (χ2v) is 7.77. The van der Waals surface area contributed by atoms with Crippen LogP contribution in [0.3, 0.4) is 0 Å². The number of carbonyl (C=O) groups excluding carboxylic acids is 1. The Morgan fingerprint density at radius 3 is 2.45 bits per heavy atom. The summed E-state index contributed by atoms with van der Waals surface area (Å²) in [5.41, 5.74) is 4.14. The number of nitrogens with one attached hydrogen (secondary N) is 2. The van der Waals surface area contributed by atoms with E-state index in [1.54, 1.807) is 7.11 Å². The number of hydrogen-bond donors (Lipinski definition) is 2. The van der Waals surface area contributed by atoms with Gasteiger partial charge in [-0.25, -0.2) is 0 Å². The molecule has 7 heteroatoms. The van der Waals surface area contributed by atoms with Gasteiger partial charge in [0, 0.05) is 17.2 Å². The molecule has 1 aliphatic rings. The van der Waals surface area contributed by atoms with Gasteiger partial charge in [0.15, 0.2) is 5.65 Å². The zero-order valence-electron chi connectivity index (χ0n) is 17.3. The lowest BCUT2D eigenvalue weighted by molar-refractivity contribution is -0.117. The van der Waals surface area contributed by atoms with E-state index in [1.165, 1.54) is 4.52 Å². The van der Waals surface area contributed by atoms with E-state index in [-0.39, 0.29) is 17.4 Å². The maximum absolute atomic E-state index is 13.5. The van der Waals surface area contributed by atoms with Crippen LogP contribution in [0.5, 0.6) is 5.75 Å². The lowest BCUT2D eigenvalue weighted by atomic mass is 10.1. The molecule has 0 bridgehead atoms. The first-order valence-corrected chi connectivity index (χ1v) is 10.2. The average molecular weight is 414 g/mol. The first kappa shape index (κ1) is 19.1. The third-order valence-corrected chi connectivity index (χ3v) is 5.59. The molecule has 0 radical (unpaired) electrons. The van der Waals surface area contributed by atoms with Crippen molar-refractivity contribution in [2.24, 2.45) is 5.92 Å². The molecule has 5 rings (SSSR count). The SMILES string of the molecule is COc1ccc(-c2c(C)[nH]c3c(NC(=O)C4CC4)c(-c4ccccc4)nn3c2=O)cc1. The Bertz CT molecular complexity index is 1330. The van der Waals surface area contributed by atoms with E-state index < -0.39 is 0 Å². The molecule has 1 saturated carbocycles. The van der Waals surface area contributed by atoms with Crippen molar-refractivity contribution in [2.45, 2.75) is 19.8 Å². The highest BCUT2D eigenvalue weighted by Crippen LogP contribution is 2.35. The van der Waals surface area contributed by atoms with Crippen molar-refractivity contribution < 1.29 is 9.53 Å². The third kappa shape index (κ3) is 3.38. The molecule has 156 valence electrons. The molecule has 0 aliphatic heterocycles. The molecule has 2 heterocycles. The molecular formula is C24H22N4O3. The zero-order valence-corrected chi connectivity index (χ0v) is 17.3. The van der Waals surface area contributed by atoms with E-state index in [2.05, 4.69) is 15.4 Å². The minimum Gasteiger partial charge on any atom is -0.497 e. The van der Waals surface area contributed by atoms with Crippen LogP contribution in [-0.4, -0.2) is 27.6 Å². The monoisotopic (exact) mass is 414 g/mol. The summed E-state index contributed by atoms with van der Waals surface area (Å²) in [6.45, 7) is 1.85. The first-order chi connectivity index (χ1) is 15.1. The highest BCUT2D eigenvalue weighted by molar-refractivity contribution is 6.01. The highest BCUT2D eigenvalue weighted by atomic mass is 16.5. The fourth-order valence-corrected chi connectivity index (χ4v) is 3.77. The molecular weight excluding hydrogens is 392 g/mol. The van der Waals surface area contributed by atoms with Crippen LogP contribution >= 0.6 is 0 Å². The minimum absolute atomic E-state index is 0.0324. The molecule has 4 aromatic rings. The Morgan fingerprint density at radius 2 is 1.81 bits per heavy atom. The average Bonchev–Trinajstić information content (AvgIpc) is 3.58. The van der Waals surface area contributed by atoms with Crippen LogP contribution in [-0.2, 0) is 4.79 Å². The predicted molar refractivity (Wildman–Crippen MR) is 119 cm³/mol. The van der Waals surface area contributed by atoms with Gasteiger partial charge in [-0.2, -0.15) is 9.61 Å². The summed E-state index contributed by atoms with van der Waals surface area (Å²) >= 11 is 0. The second kappa shape index (κ2) is 7.43. The van der Waals surface area contributed by atoms with Gasteiger partial charge in [-0.1, -0.05) is 42.5 Å². The Kier molecular flexibility index (Phi) is 4.58. The van der Waals surface area contributed by atoms with Crippen molar-refractivity contribution >= 4 is 17.2 Å². The number of aromatic amines is 1. The van der Waals surface area contributed by atoms with Gasteiger partial charge < -0.3 is 15.0 Å². The number of nitrogens with zero attached hydrogens (tertiary/aromatic N) is 2. The smallest absolute Gasteiger partial charge is 0.282 e. The molecule has 2 aromatic carbocycles. The maximum Gasteiger partial charge on any atom is 0.282 e. The molecule has 1 amide bonds. The van der Waals surface area contributed by atoms with Gasteiger partial charge in [-0.15, -0.1) is 0 Å². The Hall–Kier alpha value is -3.87. The highest BCUT2D eigenvalue weighted by Gasteiger charge is 2.31. The van der Waals surface area contributed by atoms with Gasteiger partial charge in [-0.05, 0) is 37.5 Å². The number of rotatable bonds is 5. The van der Waals surface area contributed by atoms with Gasteiger partial charge in [0.25, 0.3) is 5.56 Å². The lowest BCUT2D eigenvalue weighted by Crippen LogP contribution is -2.20. The van der Waals surface area contributed by atoms with Crippen molar-refractivity contribution in [1.82, 2.24) is 14.6 Å². The van der Waals surface area contributed by atoms with Crippen molar-refractivity contribution in [3.8, 4) is 28.1 Å². The molecule has 2 aromatic heterocycles. The van der Waals surface area contributed by atoms with E-state index in [4.69, 9.17) is 4.74 Å². The molecule has 1 fully saturated rings. The summed E-state index contributed by atoms with van der Waals surface area (Å²) in [5.74, 6) is 0.712. The topological polar surface area (TPSA) is 88.5 Å². The Balaban J connectivity index is 1.72. The number of amides is 1. The van der Waals surface area contributed by atoms with Crippen molar-refractivity contribution in [1.29, 1.82) is 0 Å². The number of ether oxygens (including phenoxy) is 1. The van der Waals surface area contributed by atoms with E-state index >= 15 is 0 Å². The number of hydrogen-bond acceptors (Lipinski definition) is 4. The van der Waals surface area contributed by atoms with E-state index in [0.29, 0.717) is 28.3 Å². The largest absolute Gasteiger partial charge is 0.497 e. The van der Waals surface area contributed by atoms with Gasteiger partial charge >= 0.3 is 0 Å². The second-order valence-electron chi connectivity index (χ2n) is 7.77. The molecule has 0 atom stereocenters. The quantitative estimate of drug-likeness (QED) is 0.516. The number of benzene rings is 2. The lowest BCUT2D eigenvalue weighted by Gasteiger charge is -2.09. The van der Waals surface area contributed by atoms with Crippen LogP contribution in [0, 0.1) is 12.8 Å². The number of fused-ring (bicyclic) bond motifs is 1. The number of anilines is 1. The normalized spacial score (nSPS) is 13.4. The van der Waals surface area contributed by atoms with Crippen LogP contribution in [0.4, 0.5) is 5.69 Å². The summed E-state index contributed by atoms with van der Waals surface area (Å²) in [4.78, 5) is 29.3. The zero-order chi connectivity index (χ0) is 21.5. The summed E-state index contributed by atoms with van der Waals surface area (Å²) in [6.07, 6.45) is 1.78. The van der Waals surface area contributed by atoms with Crippen molar-refractivity contribution in [3.05, 3.63) is 70.6 Å². The van der Waals surface area contributed by atoms with Crippen molar-refractivity contribution in [2.75, 3.05) is 12.4 Å². The predicted octanol–water partition coefficient (Wildman–Crippen LogP) is 4.02. The maximum atomic E-state index is 13.5. The molecule has 1 aliphatic carbocycles. The van der Waals surface area contributed by atoms with Crippen LogP contribution in [0.1, 0.15) is 18.5 Å². The fourth-order valence-electron chi connectivity index (χ4n) is 3.77. The molecule has 0 spiro atoms. The van der Waals surface area contributed by atoms with E-state index in [9.17, 15) is 9.59 Å². The summed E-state index contributed by atoms with van der Waals surface area (Å²) in [6, 6.07) is 16.9. The van der Waals surface area contributed by atoms with Gasteiger partial charge in [-0.3, -0.25) is 9.59 Å². The van der Waals surface area contributed by atoms with Crippen LogP contribution in [0.2, 0.25) is 0 Å². The van der Waals surface area contributed by atoms with Crippen molar-refractivity contribution in [3.63, 3.8) is 0 Å². The van der Waals surface area contributed by atoms with E-state index in [0.717, 1.165) is 29.7 Å². The number of aromatic nitrogens is 3. The first-order valence-electron chi connectivity index (χ1n) is 10.2. The summed E-state index contributed by atoms with van der Waals surface area (Å²) < 4.78 is 6.57. The molecule has 7 nitrogen and oxygen atoms in total. The number of aryl methyl sites for hydroxylation is 1. The number of methoxy groups -OCH3 is 1. The fraction of sp³-hybridized carbons (Fsp3) is 0.208. The van der Waals surface area contributed by atoms with Crippen LogP contribution < -0.4 is 15.6 Å². The molecule has 31 heavy (non-hydrogen) atoms. The van der Waals surface area contributed by atoms with Gasteiger partial charge in [0.2, 0.25) is 5.91 Å². The van der Waals surface area contributed by atoms with Gasteiger partial charge in [0.05, 0.1) is 12.7 Å². The summed E-state index contributed by atoms with van der Waals surface area (Å²) in [5, 5.41) is 7.62. The minimum atomic E-state index is -0.250. The Labute approximate surface area is 178 Å². The molecule has 0 unspecified atom stereocenters. The third-order valence-electron chi connectivity index (χ3n) is 5.59. The number of carbonyl (C=O) groups is 1. The van der Waals surface area contributed by atoms with Crippen LogP contribution in [0.25, 0.3) is 28.0 Å². The Morgan fingerprint density at radius 1 is 1.10 bits per heavy atom. The molecule has 0 saturated heterocycles. The molecule has 2 N–H and O–H groups in total. The van der Waals surface area contributed by atoms with E-state index in [1.807, 2.05) is 61.5 Å².